The van der Waals surface area contributed by atoms with Gasteiger partial charge in [-0.05, 0) is 69.4 Å². The fourth-order valence-electron chi connectivity index (χ4n) is 3.61. The molecule has 5 nitrogen and oxygen atoms in total. The third kappa shape index (κ3) is 4.48. The highest BCUT2D eigenvalue weighted by molar-refractivity contribution is 5.93. The molecule has 5 heteroatoms. The number of nitrogens with zero attached hydrogens (tertiary/aromatic N) is 1. The third-order valence-corrected chi connectivity index (χ3v) is 4.96. The van der Waals surface area contributed by atoms with E-state index in [2.05, 4.69) is 17.1 Å². The summed E-state index contributed by atoms with van der Waals surface area (Å²) in [5.74, 6) is 0.483. The van der Waals surface area contributed by atoms with Crippen molar-refractivity contribution in [1.82, 2.24) is 4.90 Å². The predicted octanol–water partition coefficient (Wildman–Crippen LogP) is 3.55. The van der Waals surface area contributed by atoms with Crippen LogP contribution in [0.4, 0.5) is 5.69 Å². The van der Waals surface area contributed by atoms with Crippen LogP contribution in [-0.2, 0) is 4.79 Å². The molecule has 1 fully saturated rings. The summed E-state index contributed by atoms with van der Waals surface area (Å²) in [6, 6.07) is 6.94. The minimum absolute atomic E-state index is 0.0308. The van der Waals surface area contributed by atoms with Gasteiger partial charge in [0.1, 0.15) is 5.58 Å². The van der Waals surface area contributed by atoms with E-state index in [4.69, 9.17) is 4.42 Å². The van der Waals surface area contributed by atoms with Crippen LogP contribution in [0.1, 0.15) is 38.2 Å². The van der Waals surface area contributed by atoms with Gasteiger partial charge in [0.05, 0.1) is 0 Å². The molecule has 0 atom stereocenters. The number of aryl methyl sites for hydroxylation is 1. The first-order valence-corrected chi connectivity index (χ1v) is 9.12. The first-order chi connectivity index (χ1) is 12.0. The number of likely N-dealkylation sites (tertiary alicyclic amines) is 1. The minimum Gasteiger partial charge on any atom is -0.423 e. The number of carbonyl (C=O) groups is 1. The van der Waals surface area contributed by atoms with Crippen LogP contribution in [0.3, 0.4) is 0 Å². The Hall–Kier alpha value is -2.14. The SMILES string of the molecule is CCCN1CCC(CC(=O)Nc2ccc3c(C)cc(=O)oc3c2)CC1. The van der Waals surface area contributed by atoms with E-state index in [1.54, 1.807) is 6.07 Å². The summed E-state index contributed by atoms with van der Waals surface area (Å²) in [6.07, 6.45) is 3.90. The summed E-state index contributed by atoms with van der Waals surface area (Å²) in [4.78, 5) is 26.3. The fraction of sp³-hybridized carbons (Fsp3) is 0.500. The fourth-order valence-corrected chi connectivity index (χ4v) is 3.61. The molecule has 0 aliphatic carbocycles. The van der Waals surface area contributed by atoms with Crippen LogP contribution in [0.25, 0.3) is 11.0 Å². The van der Waals surface area contributed by atoms with Gasteiger partial charge in [-0.25, -0.2) is 4.79 Å². The second-order valence-corrected chi connectivity index (χ2v) is 7.00. The molecule has 3 rings (SSSR count). The summed E-state index contributed by atoms with van der Waals surface area (Å²) in [6.45, 7) is 7.41. The molecule has 134 valence electrons. The highest BCUT2D eigenvalue weighted by Crippen LogP contribution is 2.23. The standard InChI is InChI=1S/C20H26N2O3/c1-3-8-22-9-6-15(7-10-22)12-19(23)21-16-4-5-17-14(2)11-20(24)25-18(17)13-16/h4-5,11,13,15H,3,6-10,12H2,1-2H3,(H,21,23). The number of piperidine rings is 1. The topological polar surface area (TPSA) is 62.6 Å². The molecular weight excluding hydrogens is 316 g/mol. The molecule has 0 radical (unpaired) electrons. The summed E-state index contributed by atoms with van der Waals surface area (Å²) in [5.41, 5.74) is 1.70. The average Bonchev–Trinajstić information content (AvgIpc) is 2.56. The van der Waals surface area contributed by atoms with Gasteiger partial charge < -0.3 is 14.6 Å². The Morgan fingerprint density at radius 3 is 2.76 bits per heavy atom. The van der Waals surface area contributed by atoms with Gasteiger partial charge in [-0.2, -0.15) is 0 Å². The largest absolute Gasteiger partial charge is 0.423 e. The van der Waals surface area contributed by atoms with Gasteiger partial charge in [-0.3, -0.25) is 4.79 Å². The van der Waals surface area contributed by atoms with Crippen molar-refractivity contribution >= 4 is 22.6 Å². The number of hydrogen-bond acceptors (Lipinski definition) is 4. The summed E-state index contributed by atoms with van der Waals surface area (Å²) < 4.78 is 5.24. The van der Waals surface area contributed by atoms with Crippen molar-refractivity contribution in [3.05, 3.63) is 40.2 Å². The molecule has 0 bridgehead atoms. The van der Waals surface area contributed by atoms with Crippen LogP contribution in [0.15, 0.2) is 33.5 Å². The van der Waals surface area contributed by atoms with Crippen LogP contribution < -0.4 is 10.9 Å². The Kier molecular flexibility index (Phi) is 5.53. The Morgan fingerprint density at radius 2 is 2.04 bits per heavy atom. The van der Waals surface area contributed by atoms with E-state index >= 15 is 0 Å². The normalized spacial score (nSPS) is 16.2. The molecule has 1 amide bonds. The summed E-state index contributed by atoms with van der Waals surface area (Å²) in [5, 5.41) is 3.83. The Balaban J connectivity index is 1.60. The van der Waals surface area contributed by atoms with E-state index in [9.17, 15) is 9.59 Å². The second-order valence-electron chi connectivity index (χ2n) is 7.00. The molecule has 25 heavy (non-hydrogen) atoms. The number of carbonyl (C=O) groups excluding carboxylic acids is 1. The van der Waals surface area contributed by atoms with Crippen LogP contribution in [-0.4, -0.2) is 30.4 Å². The second kappa shape index (κ2) is 7.83. The van der Waals surface area contributed by atoms with Gasteiger partial charge in [0.25, 0.3) is 0 Å². The van der Waals surface area contributed by atoms with Crippen molar-refractivity contribution in [3.63, 3.8) is 0 Å². The summed E-state index contributed by atoms with van der Waals surface area (Å²) >= 11 is 0. The van der Waals surface area contributed by atoms with Gasteiger partial charge in [0, 0.05) is 29.6 Å². The first kappa shape index (κ1) is 17.7. The van der Waals surface area contributed by atoms with Crippen molar-refractivity contribution in [1.29, 1.82) is 0 Å². The maximum atomic E-state index is 12.3. The molecule has 1 aromatic heterocycles. The Morgan fingerprint density at radius 1 is 1.28 bits per heavy atom. The number of rotatable bonds is 5. The van der Waals surface area contributed by atoms with Gasteiger partial charge in [0.2, 0.25) is 5.91 Å². The Labute approximate surface area is 148 Å². The van der Waals surface area contributed by atoms with Crippen molar-refractivity contribution in [2.24, 2.45) is 5.92 Å². The maximum Gasteiger partial charge on any atom is 0.336 e. The predicted molar refractivity (Wildman–Crippen MR) is 99.9 cm³/mol. The molecule has 1 aromatic carbocycles. The number of anilines is 1. The number of benzene rings is 1. The number of fused-ring (bicyclic) bond motifs is 1. The van der Waals surface area contributed by atoms with Crippen molar-refractivity contribution in [2.75, 3.05) is 25.0 Å². The molecule has 2 aromatic rings. The molecule has 0 saturated carbocycles. The van der Waals surface area contributed by atoms with E-state index in [0.29, 0.717) is 23.6 Å². The number of hydrogen-bond donors (Lipinski definition) is 1. The smallest absolute Gasteiger partial charge is 0.336 e. The van der Waals surface area contributed by atoms with E-state index < -0.39 is 0 Å². The van der Waals surface area contributed by atoms with E-state index in [1.165, 1.54) is 12.5 Å². The van der Waals surface area contributed by atoms with E-state index in [0.717, 1.165) is 43.4 Å². The lowest BCUT2D eigenvalue weighted by atomic mass is 9.93. The average molecular weight is 342 g/mol. The van der Waals surface area contributed by atoms with Crippen LogP contribution >= 0.6 is 0 Å². The van der Waals surface area contributed by atoms with Crippen LogP contribution in [0.5, 0.6) is 0 Å². The lowest BCUT2D eigenvalue weighted by Gasteiger charge is -2.31. The lowest BCUT2D eigenvalue weighted by Crippen LogP contribution is -2.35. The van der Waals surface area contributed by atoms with Crippen molar-refractivity contribution in [2.45, 2.75) is 39.5 Å². The Bertz CT molecular complexity index is 804. The zero-order valence-corrected chi connectivity index (χ0v) is 15.0. The van der Waals surface area contributed by atoms with Crippen molar-refractivity contribution in [3.8, 4) is 0 Å². The number of nitrogens with one attached hydrogen (secondary N) is 1. The van der Waals surface area contributed by atoms with Crippen molar-refractivity contribution < 1.29 is 9.21 Å². The van der Waals surface area contributed by atoms with Gasteiger partial charge in [-0.1, -0.05) is 6.92 Å². The van der Waals surface area contributed by atoms with Gasteiger partial charge in [-0.15, -0.1) is 0 Å². The highest BCUT2D eigenvalue weighted by Gasteiger charge is 2.21. The first-order valence-electron chi connectivity index (χ1n) is 9.12. The minimum atomic E-state index is -0.368. The lowest BCUT2D eigenvalue weighted by molar-refractivity contribution is -0.117. The number of amides is 1. The molecule has 1 N–H and O–H groups in total. The van der Waals surface area contributed by atoms with Gasteiger partial charge in [0.15, 0.2) is 0 Å². The van der Waals surface area contributed by atoms with Gasteiger partial charge >= 0.3 is 5.63 Å². The molecule has 1 aliphatic heterocycles. The monoisotopic (exact) mass is 342 g/mol. The molecule has 0 unspecified atom stereocenters. The zero-order chi connectivity index (χ0) is 17.8. The van der Waals surface area contributed by atoms with Crippen LogP contribution in [0, 0.1) is 12.8 Å². The van der Waals surface area contributed by atoms with E-state index in [-0.39, 0.29) is 11.5 Å². The third-order valence-electron chi connectivity index (χ3n) is 4.96. The molecule has 1 saturated heterocycles. The quantitative estimate of drug-likeness (QED) is 0.844. The van der Waals surface area contributed by atoms with Crippen LogP contribution in [0.2, 0.25) is 0 Å². The zero-order valence-electron chi connectivity index (χ0n) is 15.0. The molecule has 0 spiro atoms. The summed E-state index contributed by atoms with van der Waals surface area (Å²) in [7, 11) is 0. The highest BCUT2D eigenvalue weighted by atomic mass is 16.4. The maximum absolute atomic E-state index is 12.3. The molecular formula is C20H26N2O3. The van der Waals surface area contributed by atoms with E-state index in [1.807, 2.05) is 19.1 Å². The molecule has 1 aliphatic rings. The molecule has 2 heterocycles.